The fourth-order valence-corrected chi connectivity index (χ4v) is 2.74. The third kappa shape index (κ3) is 3.51. The summed E-state index contributed by atoms with van der Waals surface area (Å²) in [5.74, 6) is 0.345. The first kappa shape index (κ1) is 12.5. The number of hydrogen-bond donors (Lipinski definition) is 2. The molecule has 2 heterocycles. The number of amides is 1. The van der Waals surface area contributed by atoms with Crippen LogP contribution in [0.2, 0.25) is 0 Å². The first-order valence-electron chi connectivity index (χ1n) is 6.21. The number of aryl methyl sites for hydroxylation is 1. The van der Waals surface area contributed by atoms with Crippen molar-refractivity contribution in [1.29, 1.82) is 0 Å². The second kappa shape index (κ2) is 6.12. The van der Waals surface area contributed by atoms with Crippen molar-refractivity contribution in [1.82, 2.24) is 15.6 Å². The zero-order chi connectivity index (χ0) is 12.1. The second-order valence-corrected chi connectivity index (χ2v) is 5.26. The molecule has 1 aliphatic heterocycles. The Bertz CT molecular complexity index is 372. The Morgan fingerprint density at radius 3 is 3.24 bits per heavy atom. The number of rotatable bonds is 5. The van der Waals surface area contributed by atoms with Gasteiger partial charge in [-0.05, 0) is 19.4 Å². The maximum atomic E-state index is 11.7. The number of hydrogen-bond acceptors (Lipinski definition) is 4. The van der Waals surface area contributed by atoms with Gasteiger partial charge in [0.25, 0.3) is 0 Å². The zero-order valence-electron chi connectivity index (χ0n) is 10.2. The van der Waals surface area contributed by atoms with Gasteiger partial charge < -0.3 is 10.6 Å². The summed E-state index contributed by atoms with van der Waals surface area (Å²) in [7, 11) is 0. The normalized spacial score (nSPS) is 19.5. The largest absolute Gasteiger partial charge is 0.355 e. The maximum absolute atomic E-state index is 11.7. The quantitative estimate of drug-likeness (QED) is 0.822. The highest BCUT2D eigenvalue weighted by atomic mass is 32.1. The van der Waals surface area contributed by atoms with Crippen LogP contribution in [0, 0.1) is 5.92 Å². The van der Waals surface area contributed by atoms with Crippen LogP contribution >= 0.6 is 11.3 Å². The summed E-state index contributed by atoms with van der Waals surface area (Å²) >= 11 is 1.70. The minimum atomic E-state index is 0.164. The number of carbonyl (C=O) groups excluding carboxylic acids is 1. The van der Waals surface area contributed by atoms with Crippen molar-refractivity contribution in [3.05, 3.63) is 16.1 Å². The van der Waals surface area contributed by atoms with Gasteiger partial charge in [-0.1, -0.05) is 6.92 Å². The van der Waals surface area contributed by atoms with Crippen LogP contribution in [-0.4, -0.2) is 30.5 Å². The number of carbonyl (C=O) groups is 1. The molecule has 1 unspecified atom stereocenters. The van der Waals surface area contributed by atoms with Crippen LogP contribution in [0.3, 0.4) is 0 Å². The molecule has 17 heavy (non-hydrogen) atoms. The SMILES string of the molecule is CCc1nc(CCNC(=O)C2CCNC2)cs1. The summed E-state index contributed by atoms with van der Waals surface area (Å²) in [4.78, 5) is 16.2. The van der Waals surface area contributed by atoms with Gasteiger partial charge in [-0.25, -0.2) is 4.98 Å². The monoisotopic (exact) mass is 253 g/mol. The molecule has 1 amide bonds. The molecule has 0 bridgehead atoms. The number of aromatic nitrogens is 1. The number of nitrogens with one attached hydrogen (secondary N) is 2. The van der Waals surface area contributed by atoms with E-state index in [4.69, 9.17) is 0 Å². The summed E-state index contributed by atoms with van der Waals surface area (Å²) in [5.41, 5.74) is 1.09. The minimum Gasteiger partial charge on any atom is -0.355 e. The van der Waals surface area contributed by atoms with E-state index in [1.54, 1.807) is 11.3 Å². The molecule has 94 valence electrons. The number of nitrogens with zero attached hydrogens (tertiary/aromatic N) is 1. The molecule has 1 atom stereocenters. The molecule has 5 heteroatoms. The first-order valence-corrected chi connectivity index (χ1v) is 7.09. The topological polar surface area (TPSA) is 54.0 Å². The summed E-state index contributed by atoms with van der Waals surface area (Å²) in [6, 6.07) is 0. The Hall–Kier alpha value is -0.940. The van der Waals surface area contributed by atoms with Crippen molar-refractivity contribution >= 4 is 17.2 Å². The zero-order valence-corrected chi connectivity index (χ0v) is 11.0. The number of thiazole rings is 1. The third-order valence-electron chi connectivity index (χ3n) is 3.01. The van der Waals surface area contributed by atoms with Gasteiger partial charge in [-0.15, -0.1) is 11.3 Å². The van der Waals surface area contributed by atoms with E-state index >= 15 is 0 Å². The molecule has 0 saturated carbocycles. The van der Waals surface area contributed by atoms with Crippen molar-refractivity contribution in [2.24, 2.45) is 5.92 Å². The molecule has 1 fully saturated rings. The predicted molar refractivity (Wildman–Crippen MR) is 69.2 cm³/mol. The molecule has 1 saturated heterocycles. The van der Waals surface area contributed by atoms with Crippen LogP contribution in [0.4, 0.5) is 0 Å². The Balaban J connectivity index is 1.69. The average Bonchev–Trinajstić information content (AvgIpc) is 3.00. The molecule has 1 aromatic rings. The standard InChI is InChI=1S/C12H19N3OS/c1-2-11-15-10(8-17-11)4-6-14-12(16)9-3-5-13-7-9/h8-9,13H,2-7H2,1H3,(H,14,16). The smallest absolute Gasteiger partial charge is 0.224 e. The van der Waals surface area contributed by atoms with E-state index in [1.165, 1.54) is 5.01 Å². The van der Waals surface area contributed by atoms with Crippen LogP contribution in [0.15, 0.2) is 5.38 Å². The van der Waals surface area contributed by atoms with Gasteiger partial charge in [0.1, 0.15) is 0 Å². The Labute approximate surface area is 106 Å². The van der Waals surface area contributed by atoms with Gasteiger partial charge in [-0.2, -0.15) is 0 Å². The highest BCUT2D eigenvalue weighted by Gasteiger charge is 2.21. The van der Waals surface area contributed by atoms with Gasteiger partial charge in [0.2, 0.25) is 5.91 Å². The summed E-state index contributed by atoms with van der Waals surface area (Å²) < 4.78 is 0. The van der Waals surface area contributed by atoms with E-state index in [-0.39, 0.29) is 11.8 Å². The lowest BCUT2D eigenvalue weighted by Crippen LogP contribution is -2.33. The van der Waals surface area contributed by atoms with E-state index in [2.05, 4.69) is 27.9 Å². The van der Waals surface area contributed by atoms with Gasteiger partial charge in [-0.3, -0.25) is 4.79 Å². The molecule has 4 nitrogen and oxygen atoms in total. The van der Waals surface area contributed by atoms with E-state index in [9.17, 15) is 4.79 Å². The summed E-state index contributed by atoms with van der Waals surface area (Å²) in [5, 5.41) is 9.44. The highest BCUT2D eigenvalue weighted by molar-refractivity contribution is 7.09. The second-order valence-electron chi connectivity index (χ2n) is 4.32. The van der Waals surface area contributed by atoms with Crippen molar-refractivity contribution in [2.75, 3.05) is 19.6 Å². The van der Waals surface area contributed by atoms with Gasteiger partial charge in [0.05, 0.1) is 16.6 Å². The predicted octanol–water partition coefficient (Wildman–Crippen LogP) is 0.974. The molecule has 0 spiro atoms. The van der Waals surface area contributed by atoms with E-state index in [0.717, 1.165) is 38.0 Å². The van der Waals surface area contributed by atoms with Crippen molar-refractivity contribution < 1.29 is 4.79 Å². The van der Waals surface area contributed by atoms with Crippen LogP contribution < -0.4 is 10.6 Å². The molecule has 2 N–H and O–H groups in total. The van der Waals surface area contributed by atoms with Crippen LogP contribution in [0.1, 0.15) is 24.0 Å². The van der Waals surface area contributed by atoms with Gasteiger partial charge >= 0.3 is 0 Å². The van der Waals surface area contributed by atoms with Crippen LogP contribution in [0.5, 0.6) is 0 Å². The van der Waals surface area contributed by atoms with E-state index in [1.807, 2.05) is 0 Å². The molecular formula is C12H19N3OS. The van der Waals surface area contributed by atoms with E-state index in [0.29, 0.717) is 6.54 Å². The van der Waals surface area contributed by atoms with Crippen LogP contribution in [-0.2, 0) is 17.6 Å². The molecular weight excluding hydrogens is 234 g/mol. The molecule has 0 aliphatic carbocycles. The van der Waals surface area contributed by atoms with Crippen molar-refractivity contribution in [2.45, 2.75) is 26.2 Å². The highest BCUT2D eigenvalue weighted by Crippen LogP contribution is 2.10. The lowest BCUT2D eigenvalue weighted by atomic mass is 10.1. The lowest BCUT2D eigenvalue weighted by molar-refractivity contribution is -0.124. The minimum absolute atomic E-state index is 0.164. The summed E-state index contributed by atoms with van der Waals surface area (Å²) in [6.45, 7) is 4.59. The van der Waals surface area contributed by atoms with Crippen molar-refractivity contribution in [3.8, 4) is 0 Å². The molecule has 2 rings (SSSR count). The Kier molecular flexibility index (Phi) is 4.50. The molecule has 0 aromatic carbocycles. The molecule has 1 aliphatic rings. The fraction of sp³-hybridized carbons (Fsp3) is 0.667. The molecule has 1 aromatic heterocycles. The maximum Gasteiger partial charge on any atom is 0.224 e. The van der Waals surface area contributed by atoms with E-state index < -0.39 is 0 Å². The van der Waals surface area contributed by atoms with Crippen molar-refractivity contribution in [3.63, 3.8) is 0 Å². The Morgan fingerprint density at radius 1 is 1.71 bits per heavy atom. The average molecular weight is 253 g/mol. The molecule has 0 radical (unpaired) electrons. The first-order chi connectivity index (χ1) is 8.29. The van der Waals surface area contributed by atoms with Gasteiger partial charge in [0, 0.05) is 24.9 Å². The Morgan fingerprint density at radius 2 is 2.59 bits per heavy atom. The van der Waals surface area contributed by atoms with Crippen LogP contribution in [0.25, 0.3) is 0 Å². The summed E-state index contributed by atoms with van der Waals surface area (Å²) in [6.07, 6.45) is 2.79. The fourth-order valence-electron chi connectivity index (χ4n) is 1.96. The lowest BCUT2D eigenvalue weighted by Gasteiger charge is -2.08. The van der Waals surface area contributed by atoms with Gasteiger partial charge in [0.15, 0.2) is 0 Å². The third-order valence-corrected chi connectivity index (χ3v) is 4.06.